The van der Waals surface area contributed by atoms with Gasteiger partial charge in [-0.2, -0.15) is 0 Å². The van der Waals surface area contributed by atoms with E-state index in [0.29, 0.717) is 30.3 Å². The van der Waals surface area contributed by atoms with Gasteiger partial charge in [-0.25, -0.2) is 9.97 Å². The Balaban J connectivity index is 0.00000210. The summed E-state index contributed by atoms with van der Waals surface area (Å²) in [6.07, 6.45) is 0. The molecule has 7 heteroatoms. The number of aliphatic hydroxyl groups is 2. The fraction of sp³-hybridized carbons (Fsp3) is 0.200. The predicted molar refractivity (Wildman–Crippen MR) is 101 cm³/mol. The van der Waals surface area contributed by atoms with Crippen molar-refractivity contribution in [2.45, 2.75) is 0 Å². The van der Waals surface area contributed by atoms with Crippen LogP contribution in [0.5, 0.6) is 0 Å². The van der Waals surface area contributed by atoms with E-state index in [2.05, 4.69) is 0 Å². The van der Waals surface area contributed by atoms with Crippen molar-refractivity contribution in [1.82, 2.24) is 9.97 Å². The number of halogens is 1. The molecule has 0 fully saturated rings. The molecule has 2 heterocycles. The van der Waals surface area contributed by atoms with Gasteiger partial charge in [0.05, 0.1) is 13.2 Å². The Kier molecular flexibility index (Phi) is 5.91. The Morgan fingerprint density at radius 2 is 1.52 bits per heavy atom. The summed E-state index contributed by atoms with van der Waals surface area (Å²) in [5.41, 5.74) is 2.92. The van der Waals surface area contributed by atoms with Crippen molar-refractivity contribution in [3.63, 3.8) is 0 Å². The Hall–Kier alpha value is -2.67. The number of para-hydroxylation sites is 1. The van der Waals surface area contributed by atoms with E-state index in [0.717, 1.165) is 22.0 Å². The molecule has 4 rings (SSSR count). The third-order valence-corrected chi connectivity index (χ3v) is 4.27. The number of hydrogen-bond donors (Lipinski definition) is 2. The molecule has 0 amide bonds. The molecule has 0 saturated carbocycles. The van der Waals surface area contributed by atoms with Crippen molar-refractivity contribution in [2.75, 3.05) is 31.2 Å². The molecular formula is C20H19ClN3O3-. The van der Waals surface area contributed by atoms with Crippen LogP contribution >= 0.6 is 0 Å². The second-order valence-corrected chi connectivity index (χ2v) is 5.95. The summed E-state index contributed by atoms with van der Waals surface area (Å²) in [6, 6.07) is 17.5. The molecule has 0 radical (unpaired) electrons. The van der Waals surface area contributed by atoms with E-state index in [9.17, 15) is 10.2 Å². The summed E-state index contributed by atoms with van der Waals surface area (Å²) in [6.45, 7) is 0.592. The normalized spacial score (nSPS) is 10.9. The lowest BCUT2D eigenvalue weighted by Crippen LogP contribution is -3.00. The standard InChI is InChI=1S/C20H19N3O3.ClH/c24-12-10-23(11-13-25)20-18-17(15-8-4-5-9-16(15)26-18)21-19(22-20)14-6-2-1-3-7-14;/h1-9,24-25H,10-13H2;1H/p-1. The minimum Gasteiger partial charge on any atom is -1.00 e. The molecule has 2 aromatic carbocycles. The SMILES string of the molecule is OCCN(CCO)c1nc(-c2ccccc2)nc2c1oc1ccccc12.[Cl-]. The fourth-order valence-electron chi connectivity index (χ4n) is 3.07. The lowest BCUT2D eigenvalue weighted by Gasteiger charge is -2.22. The van der Waals surface area contributed by atoms with Crippen LogP contribution in [0.4, 0.5) is 5.82 Å². The maximum Gasteiger partial charge on any atom is 0.196 e. The first-order chi connectivity index (χ1) is 12.8. The van der Waals surface area contributed by atoms with Gasteiger partial charge >= 0.3 is 0 Å². The van der Waals surface area contributed by atoms with Crippen LogP contribution in [-0.2, 0) is 0 Å². The second kappa shape index (κ2) is 8.35. The third kappa shape index (κ3) is 3.60. The molecule has 6 nitrogen and oxygen atoms in total. The van der Waals surface area contributed by atoms with E-state index in [1.807, 2.05) is 59.5 Å². The van der Waals surface area contributed by atoms with Crippen LogP contribution in [0.2, 0.25) is 0 Å². The van der Waals surface area contributed by atoms with Crippen molar-refractivity contribution in [1.29, 1.82) is 0 Å². The highest BCUT2D eigenvalue weighted by Crippen LogP contribution is 2.34. The van der Waals surface area contributed by atoms with Gasteiger partial charge in [0.15, 0.2) is 17.2 Å². The average Bonchev–Trinajstić information content (AvgIpc) is 3.06. The lowest BCUT2D eigenvalue weighted by atomic mass is 10.2. The van der Waals surface area contributed by atoms with Gasteiger partial charge in [0, 0.05) is 24.0 Å². The van der Waals surface area contributed by atoms with Crippen LogP contribution in [0.15, 0.2) is 59.0 Å². The van der Waals surface area contributed by atoms with Gasteiger partial charge in [0.2, 0.25) is 0 Å². The number of aliphatic hydroxyl groups excluding tert-OH is 2. The highest BCUT2D eigenvalue weighted by molar-refractivity contribution is 6.06. The van der Waals surface area contributed by atoms with E-state index in [1.54, 1.807) is 0 Å². The van der Waals surface area contributed by atoms with Gasteiger partial charge in [-0.1, -0.05) is 42.5 Å². The van der Waals surface area contributed by atoms with Crippen molar-refractivity contribution >= 4 is 27.9 Å². The maximum absolute atomic E-state index is 9.43. The number of furan rings is 1. The zero-order valence-electron chi connectivity index (χ0n) is 14.5. The van der Waals surface area contributed by atoms with E-state index >= 15 is 0 Å². The van der Waals surface area contributed by atoms with Crippen molar-refractivity contribution in [2.24, 2.45) is 0 Å². The summed E-state index contributed by atoms with van der Waals surface area (Å²) < 4.78 is 6.02. The van der Waals surface area contributed by atoms with Gasteiger partial charge in [-0.05, 0) is 12.1 Å². The van der Waals surface area contributed by atoms with Gasteiger partial charge in [-0.3, -0.25) is 0 Å². The molecule has 0 atom stereocenters. The lowest BCUT2D eigenvalue weighted by molar-refractivity contribution is -0.00000794. The number of hydrogen-bond acceptors (Lipinski definition) is 6. The van der Waals surface area contributed by atoms with Gasteiger partial charge < -0.3 is 31.9 Å². The molecule has 2 aromatic heterocycles. The topological polar surface area (TPSA) is 82.6 Å². The predicted octanol–water partition coefficient (Wildman–Crippen LogP) is -0.162. The summed E-state index contributed by atoms with van der Waals surface area (Å²) in [4.78, 5) is 11.3. The van der Waals surface area contributed by atoms with Crippen molar-refractivity contribution < 1.29 is 27.0 Å². The molecule has 0 bridgehead atoms. The van der Waals surface area contributed by atoms with Crippen LogP contribution in [0.3, 0.4) is 0 Å². The number of anilines is 1. The molecule has 0 aliphatic heterocycles. The quantitative estimate of drug-likeness (QED) is 0.480. The Bertz CT molecular complexity index is 1030. The second-order valence-electron chi connectivity index (χ2n) is 5.95. The summed E-state index contributed by atoms with van der Waals surface area (Å²) in [5.74, 6) is 1.16. The molecule has 0 spiro atoms. The molecule has 4 aromatic rings. The number of benzene rings is 2. The highest BCUT2D eigenvalue weighted by Gasteiger charge is 2.20. The zero-order valence-corrected chi connectivity index (χ0v) is 15.3. The van der Waals surface area contributed by atoms with Crippen molar-refractivity contribution in [3.8, 4) is 11.4 Å². The number of aromatic nitrogens is 2. The van der Waals surface area contributed by atoms with Crippen LogP contribution in [-0.4, -0.2) is 46.5 Å². The molecule has 27 heavy (non-hydrogen) atoms. The van der Waals surface area contributed by atoms with Gasteiger partial charge in [0.1, 0.15) is 11.1 Å². The van der Waals surface area contributed by atoms with Crippen LogP contribution in [0.25, 0.3) is 33.5 Å². The average molecular weight is 385 g/mol. The maximum atomic E-state index is 9.43. The Morgan fingerprint density at radius 3 is 2.22 bits per heavy atom. The van der Waals surface area contributed by atoms with Crippen LogP contribution in [0.1, 0.15) is 0 Å². The summed E-state index contributed by atoms with van der Waals surface area (Å²) in [5, 5.41) is 19.8. The van der Waals surface area contributed by atoms with E-state index < -0.39 is 0 Å². The van der Waals surface area contributed by atoms with Gasteiger partial charge in [-0.15, -0.1) is 0 Å². The summed E-state index contributed by atoms with van der Waals surface area (Å²) >= 11 is 0. The van der Waals surface area contributed by atoms with E-state index in [1.165, 1.54) is 0 Å². The molecule has 140 valence electrons. The first-order valence-electron chi connectivity index (χ1n) is 8.53. The van der Waals surface area contributed by atoms with Crippen molar-refractivity contribution in [3.05, 3.63) is 54.6 Å². The molecule has 0 saturated heterocycles. The number of rotatable bonds is 6. The molecule has 0 aliphatic rings. The van der Waals surface area contributed by atoms with Crippen LogP contribution < -0.4 is 17.3 Å². The number of fused-ring (bicyclic) bond motifs is 3. The zero-order chi connectivity index (χ0) is 17.9. The Morgan fingerprint density at radius 1 is 0.852 bits per heavy atom. The van der Waals surface area contributed by atoms with Gasteiger partial charge in [0.25, 0.3) is 0 Å². The Labute approximate surface area is 162 Å². The van der Waals surface area contributed by atoms with E-state index in [4.69, 9.17) is 14.4 Å². The molecule has 0 aliphatic carbocycles. The largest absolute Gasteiger partial charge is 1.00 e. The smallest absolute Gasteiger partial charge is 0.196 e. The highest BCUT2D eigenvalue weighted by atomic mass is 35.5. The first-order valence-corrected chi connectivity index (χ1v) is 8.53. The minimum absolute atomic E-state index is 0. The molecule has 0 unspecified atom stereocenters. The number of nitrogens with zero attached hydrogens (tertiary/aromatic N) is 3. The first kappa shape index (κ1) is 19.1. The monoisotopic (exact) mass is 384 g/mol. The van der Waals surface area contributed by atoms with E-state index in [-0.39, 0.29) is 25.6 Å². The third-order valence-electron chi connectivity index (χ3n) is 4.27. The summed E-state index contributed by atoms with van der Waals surface area (Å²) in [7, 11) is 0. The van der Waals surface area contributed by atoms with Crippen LogP contribution in [0, 0.1) is 0 Å². The fourth-order valence-corrected chi connectivity index (χ4v) is 3.07. The molecular weight excluding hydrogens is 366 g/mol. The molecule has 2 N–H and O–H groups in total. The minimum atomic E-state index is -0.0492.